The van der Waals surface area contributed by atoms with Gasteiger partial charge < -0.3 is 26.8 Å². The average molecular weight is 447 g/mol. The van der Waals surface area contributed by atoms with E-state index in [1.165, 1.54) is 23.2 Å². The highest BCUT2D eigenvalue weighted by Crippen LogP contribution is 2.24. The SMILES string of the molecule is CC(=O)N1C[C@H](O)C[C@@H]1C(=O)N[C@@H](CCCN=C(N)N)C(=O)c1nc2ccccc2s1. The van der Waals surface area contributed by atoms with Gasteiger partial charge in [0.05, 0.1) is 22.4 Å². The Morgan fingerprint density at radius 3 is 2.77 bits per heavy atom. The van der Waals surface area contributed by atoms with Crippen molar-refractivity contribution in [3.63, 3.8) is 0 Å². The van der Waals surface area contributed by atoms with Crippen molar-refractivity contribution < 1.29 is 19.5 Å². The topological polar surface area (TPSA) is 164 Å². The van der Waals surface area contributed by atoms with Crippen LogP contribution in [0.25, 0.3) is 10.2 Å². The van der Waals surface area contributed by atoms with Crippen molar-refractivity contribution in [3.05, 3.63) is 29.3 Å². The fraction of sp³-hybridized carbons (Fsp3) is 0.450. The standard InChI is InChI=1S/C20H26N6O4S/c1-11(27)26-10-12(28)9-15(26)18(30)24-14(6-4-8-23-20(21)22)17(29)19-25-13-5-2-3-7-16(13)31-19/h2-3,5,7,12,14-15,28H,4,6,8-10H2,1H3,(H,24,30)(H4,21,22,23)/t12-,14+,15-/m1/s1. The van der Waals surface area contributed by atoms with E-state index < -0.39 is 24.1 Å². The summed E-state index contributed by atoms with van der Waals surface area (Å²) in [7, 11) is 0. The number of ketones is 1. The van der Waals surface area contributed by atoms with Crippen molar-refractivity contribution in [1.29, 1.82) is 0 Å². The zero-order chi connectivity index (χ0) is 22.5. The number of likely N-dealkylation sites (tertiary alicyclic amines) is 1. The number of rotatable bonds is 8. The maximum absolute atomic E-state index is 13.2. The van der Waals surface area contributed by atoms with Crippen molar-refractivity contribution >= 4 is 45.1 Å². The van der Waals surface area contributed by atoms with Gasteiger partial charge in [-0.05, 0) is 25.0 Å². The first-order valence-electron chi connectivity index (χ1n) is 9.97. The Balaban J connectivity index is 1.78. The molecule has 2 amide bonds. The third-order valence-corrected chi connectivity index (χ3v) is 6.12. The number of fused-ring (bicyclic) bond motifs is 1. The number of aliphatic hydroxyl groups is 1. The van der Waals surface area contributed by atoms with Crippen molar-refractivity contribution in [1.82, 2.24) is 15.2 Å². The number of β-amino-alcohol motifs (C(OH)–C–C–N with tert-alkyl or cyclic N) is 1. The van der Waals surface area contributed by atoms with E-state index in [0.29, 0.717) is 29.9 Å². The molecule has 1 aliphatic heterocycles. The number of carbonyl (C=O) groups excluding carboxylic acids is 3. The van der Waals surface area contributed by atoms with Crippen LogP contribution in [0.4, 0.5) is 0 Å². The van der Waals surface area contributed by atoms with Gasteiger partial charge in [-0.1, -0.05) is 12.1 Å². The number of benzene rings is 1. The number of hydrogen-bond acceptors (Lipinski definition) is 7. The Kier molecular flexibility index (Phi) is 7.18. The van der Waals surface area contributed by atoms with Crippen LogP contribution in [-0.2, 0) is 9.59 Å². The predicted molar refractivity (Wildman–Crippen MR) is 118 cm³/mol. The number of thiazole rings is 1. The molecule has 1 aromatic carbocycles. The lowest BCUT2D eigenvalue weighted by molar-refractivity contribution is -0.137. The molecule has 0 bridgehead atoms. The molecule has 3 atom stereocenters. The molecule has 1 fully saturated rings. The number of nitrogens with two attached hydrogens (primary N) is 2. The monoisotopic (exact) mass is 446 g/mol. The number of amides is 2. The van der Waals surface area contributed by atoms with Crippen LogP contribution in [0.3, 0.4) is 0 Å². The molecule has 10 nitrogen and oxygen atoms in total. The van der Waals surface area contributed by atoms with Gasteiger partial charge in [-0.25, -0.2) is 4.98 Å². The number of carbonyl (C=O) groups is 3. The quantitative estimate of drug-likeness (QED) is 0.192. The highest BCUT2D eigenvalue weighted by molar-refractivity contribution is 7.20. The zero-order valence-electron chi connectivity index (χ0n) is 17.2. The minimum absolute atomic E-state index is 0.0462. The molecule has 3 rings (SSSR count). The van der Waals surface area contributed by atoms with E-state index in [-0.39, 0.29) is 30.6 Å². The fourth-order valence-electron chi connectivity index (χ4n) is 3.58. The summed E-state index contributed by atoms with van der Waals surface area (Å²) in [6.45, 7) is 1.75. The molecule has 2 heterocycles. The largest absolute Gasteiger partial charge is 0.391 e. The highest BCUT2D eigenvalue weighted by Gasteiger charge is 2.39. The Morgan fingerprint density at radius 2 is 2.10 bits per heavy atom. The number of aromatic nitrogens is 1. The number of para-hydroxylation sites is 1. The molecule has 2 aromatic rings. The van der Waals surface area contributed by atoms with E-state index in [9.17, 15) is 19.5 Å². The van der Waals surface area contributed by atoms with Gasteiger partial charge >= 0.3 is 0 Å². The van der Waals surface area contributed by atoms with Gasteiger partial charge in [-0.15, -0.1) is 11.3 Å². The maximum Gasteiger partial charge on any atom is 0.243 e. The Labute approximate surface area is 183 Å². The summed E-state index contributed by atoms with van der Waals surface area (Å²) in [6.07, 6.45) is 0.108. The number of nitrogens with zero attached hydrogens (tertiary/aromatic N) is 3. The lowest BCUT2D eigenvalue weighted by Crippen LogP contribution is -2.50. The normalized spacial score (nSPS) is 19.2. The van der Waals surface area contributed by atoms with Gasteiger partial charge in [-0.2, -0.15) is 0 Å². The molecular formula is C20H26N6O4S. The second-order valence-corrected chi connectivity index (χ2v) is 8.47. The van der Waals surface area contributed by atoms with Gasteiger partial charge in [0, 0.05) is 26.4 Å². The van der Waals surface area contributed by atoms with E-state index in [0.717, 1.165) is 4.70 Å². The summed E-state index contributed by atoms with van der Waals surface area (Å²) in [6, 6.07) is 5.72. The van der Waals surface area contributed by atoms with Crippen LogP contribution in [-0.4, -0.2) is 69.8 Å². The Bertz CT molecular complexity index is 969. The molecule has 11 heteroatoms. The highest BCUT2D eigenvalue weighted by atomic mass is 32.1. The minimum Gasteiger partial charge on any atom is -0.391 e. The van der Waals surface area contributed by atoms with Crippen LogP contribution in [0, 0.1) is 0 Å². The van der Waals surface area contributed by atoms with Crippen molar-refractivity contribution in [3.8, 4) is 0 Å². The minimum atomic E-state index is -0.853. The smallest absolute Gasteiger partial charge is 0.243 e. The first-order chi connectivity index (χ1) is 14.8. The molecule has 1 aliphatic rings. The second-order valence-electron chi connectivity index (χ2n) is 7.44. The van der Waals surface area contributed by atoms with Crippen molar-refractivity contribution in [2.45, 2.75) is 44.4 Å². The molecule has 6 N–H and O–H groups in total. The summed E-state index contributed by atoms with van der Waals surface area (Å²) < 4.78 is 0.873. The number of nitrogens with one attached hydrogen (secondary N) is 1. The molecular weight excluding hydrogens is 420 g/mol. The summed E-state index contributed by atoms with van der Waals surface area (Å²) >= 11 is 1.26. The number of guanidine groups is 1. The molecule has 0 radical (unpaired) electrons. The summed E-state index contributed by atoms with van der Waals surface area (Å²) in [5.41, 5.74) is 11.4. The zero-order valence-corrected chi connectivity index (χ0v) is 18.0. The number of hydrogen-bond donors (Lipinski definition) is 4. The molecule has 1 aromatic heterocycles. The van der Waals surface area contributed by atoms with Gasteiger partial charge in [0.15, 0.2) is 11.0 Å². The third-order valence-electron chi connectivity index (χ3n) is 5.07. The van der Waals surface area contributed by atoms with Crippen LogP contribution in [0.15, 0.2) is 29.3 Å². The number of aliphatic imine (C=N–C) groups is 1. The molecule has 0 spiro atoms. The molecule has 0 aliphatic carbocycles. The van der Waals surface area contributed by atoms with Gasteiger partial charge in [0.1, 0.15) is 6.04 Å². The van der Waals surface area contributed by atoms with Gasteiger partial charge in [-0.3, -0.25) is 19.4 Å². The average Bonchev–Trinajstić information content (AvgIpc) is 3.33. The Morgan fingerprint density at radius 1 is 1.35 bits per heavy atom. The molecule has 1 saturated heterocycles. The van der Waals surface area contributed by atoms with E-state index in [1.807, 2.05) is 24.3 Å². The van der Waals surface area contributed by atoms with Crippen molar-refractivity contribution in [2.24, 2.45) is 16.5 Å². The lowest BCUT2D eigenvalue weighted by Gasteiger charge is -2.24. The summed E-state index contributed by atoms with van der Waals surface area (Å²) in [4.78, 5) is 47.6. The van der Waals surface area contributed by atoms with Crippen LogP contribution in [0.1, 0.15) is 36.0 Å². The summed E-state index contributed by atoms with van der Waals surface area (Å²) in [5, 5.41) is 13.0. The van der Waals surface area contributed by atoms with Crippen molar-refractivity contribution in [2.75, 3.05) is 13.1 Å². The molecule has 31 heavy (non-hydrogen) atoms. The third kappa shape index (κ3) is 5.56. The summed E-state index contributed by atoms with van der Waals surface area (Å²) in [5.74, 6) is -1.14. The van der Waals surface area contributed by atoms with E-state index in [4.69, 9.17) is 11.5 Å². The van der Waals surface area contributed by atoms with Gasteiger partial charge in [0.25, 0.3) is 0 Å². The Hall–Kier alpha value is -3.05. The molecule has 166 valence electrons. The van der Waals surface area contributed by atoms with E-state index >= 15 is 0 Å². The predicted octanol–water partition coefficient (Wildman–Crippen LogP) is -0.000900. The number of aliphatic hydroxyl groups excluding tert-OH is 1. The first-order valence-corrected chi connectivity index (χ1v) is 10.8. The van der Waals surface area contributed by atoms with Crippen LogP contribution in [0.5, 0.6) is 0 Å². The van der Waals surface area contributed by atoms with Crippen LogP contribution in [0.2, 0.25) is 0 Å². The fourth-order valence-corrected chi connectivity index (χ4v) is 4.54. The van der Waals surface area contributed by atoms with Gasteiger partial charge in [0.2, 0.25) is 17.6 Å². The lowest BCUT2D eigenvalue weighted by atomic mass is 10.1. The van der Waals surface area contributed by atoms with E-state index in [1.54, 1.807) is 0 Å². The first kappa shape index (κ1) is 22.6. The van der Waals surface area contributed by atoms with E-state index in [2.05, 4.69) is 15.3 Å². The van der Waals surface area contributed by atoms with Crippen LogP contribution < -0.4 is 16.8 Å². The molecule has 0 unspecified atom stereocenters. The molecule has 0 saturated carbocycles. The van der Waals surface area contributed by atoms with Crippen LogP contribution >= 0.6 is 11.3 Å². The second kappa shape index (κ2) is 9.84. The number of Topliss-reactive ketones (excluding diaryl/α,β-unsaturated/α-hetero) is 1. The maximum atomic E-state index is 13.2.